The van der Waals surface area contributed by atoms with Gasteiger partial charge in [-0.15, -0.1) is 34.0 Å². The molecule has 0 saturated carbocycles. The molecule has 0 atom stereocenters. The van der Waals surface area contributed by atoms with Crippen LogP contribution in [0.2, 0.25) is 0 Å². The molecule has 0 saturated heterocycles. The van der Waals surface area contributed by atoms with Crippen LogP contribution in [0.25, 0.3) is 154 Å². The molecule has 0 unspecified atom stereocenters. The zero-order chi connectivity index (χ0) is 49.9. The SMILES string of the molecule is N#Cc1c(-c2ccccn2)c(-n2c3ccccc3c3ccc4c5ccccc5sc4c32)c(C#N)c(-n2c3ccccc3c3ccc4c5ccccc5sc4c32)c1-n1c2ccccc2c2ccc3c4ccccc4sc3c21. The first-order valence-electron chi connectivity index (χ1n) is 25.2. The van der Waals surface area contributed by atoms with E-state index in [0.29, 0.717) is 39.4 Å². The predicted octanol–water partition coefficient (Wildman–Crippen LogP) is 18.9. The molecule has 7 aromatic heterocycles. The van der Waals surface area contributed by atoms with Crippen LogP contribution in [0.3, 0.4) is 0 Å². The molecule has 9 heteroatoms. The lowest BCUT2D eigenvalue weighted by Gasteiger charge is -2.26. The Morgan fingerprint density at radius 1 is 0.316 bits per heavy atom. The highest BCUT2D eigenvalue weighted by molar-refractivity contribution is 7.27. The van der Waals surface area contributed by atoms with Crippen molar-refractivity contribution in [2.24, 2.45) is 0 Å². The fraction of sp³-hybridized carbons (Fsp3) is 0. The van der Waals surface area contributed by atoms with Crippen LogP contribution in [-0.4, -0.2) is 18.7 Å². The van der Waals surface area contributed by atoms with Crippen LogP contribution in [0.1, 0.15) is 11.1 Å². The Morgan fingerprint density at radius 2 is 0.658 bits per heavy atom. The molecule has 350 valence electrons. The second-order valence-corrected chi connectivity index (χ2v) is 22.6. The van der Waals surface area contributed by atoms with Crippen LogP contribution in [0.15, 0.2) is 206 Å². The Hall–Kier alpha value is -9.61. The van der Waals surface area contributed by atoms with Gasteiger partial charge in [0.1, 0.15) is 17.7 Å². The summed E-state index contributed by atoms with van der Waals surface area (Å²) < 4.78 is 13.8. The minimum atomic E-state index is 0.410. The van der Waals surface area contributed by atoms with Gasteiger partial charge in [-0.05, 0) is 48.5 Å². The Labute approximate surface area is 444 Å². The molecule has 76 heavy (non-hydrogen) atoms. The van der Waals surface area contributed by atoms with Crippen molar-refractivity contribution in [3.05, 3.63) is 218 Å². The zero-order valence-electron chi connectivity index (χ0n) is 40.0. The van der Waals surface area contributed by atoms with Gasteiger partial charge in [0.15, 0.2) is 0 Å². The Morgan fingerprint density at radius 3 is 1.05 bits per heavy atom. The van der Waals surface area contributed by atoms with E-state index in [1.807, 2.05) is 18.2 Å². The summed E-state index contributed by atoms with van der Waals surface area (Å²) in [7, 11) is 0. The van der Waals surface area contributed by atoms with Crippen LogP contribution in [0, 0.1) is 22.7 Å². The number of hydrogen-bond acceptors (Lipinski definition) is 6. The Kier molecular flexibility index (Phi) is 8.51. The maximum absolute atomic E-state index is 12.8. The fourth-order valence-electron chi connectivity index (χ4n) is 12.7. The quantitative estimate of drug-likeness (QED) is 0.176. The molecule has 0 fully saturated rings. The van der Waals surface area contributed by atoms with Crippen molar-refractivity contribution in [3.63, 3.8) is 0 Å². The number of fused-ring (bicyclic) bond motifs is 21. The van der Waals surface area contributed by atoms with E-state index in [1.165, 1.54) is 30.3 Å². The van der Waals surface area contributed by atoms with Crippen molar-refractivity contribution in [1.29, 1.82) is 10.5 Å². The summed E-state index contributed by atoms with van der Waals surface area (Å²) in [4.78, 5) is 5.16. The number of para-hydroxylation sites is 3. The molecule has 7 heterocycles. The Bertz CT molecular complexity index is 5510. The predicted molar refractivity (Wildman–Crippen MR) is 321 cm³/mol. The van der Waals surface area contributed by atoms with E-state index in [-0.39, 0.29) is 0 Å². The van der Waals surface area contributed by atoms with Gasteiger partial charge in [-0.2, -0.15) is 10.5 Å². The highest BCUT2D eigenvalue weighted by Gasteiger charge is 2.35. The number of hydrogen-bond donors (Lipinski definition) is 0. The average Bonchev–Trinajstić information content (AvgIpc) is 4.50. The molecule has 0 N–H and O–H groups in total. The average molecular weight is 1020 g/mol. The van der Waals surface area contributed by atoms with Gasteiger partial charge in [0.05, 0.1) is 75.5 Å². The summed E-state index contributed by atoms with van der Waals surface area (Å²) in [6.45, 7) is 0. The van der Waals surface area contributed by atoms with E-state index in [1.54, 1.807) is 40.2 Å². The van der Waals surface area contributed by atoms with Gasteiger partial charge in [0, 0.05) is 90.5 Å². The topological polar surface area (TPSA) is 75.3 Å². The van der Waals surface area contributed by atoms with E-state index < -0.39 is 0 Å². The maximum Gasteiger partial charge on any atom is 0.104 e. The van der Waals surface area contributed by atoms with Gasteiger partial charge in [0.25, 0.3) is 0 Å². The number of nitrogens with zero attached hydrogens (tertiary/aromatic N) is 6. The molecule has 0 aliphatic carbocycles. The summed E-state index contributed by atoms with van der Waals surface area (Å²) in [6.07, 6.45) is 1.79. The molecular weight excluding hydrogens is 985 g/mol. The lowest BCUT2D eigenvalue weighted by atomic mass is 9.93. The molecule has 0 aliphatic heterocycles. The zero-order valence-corrected chi connectivity index (χ0v) is 42.5. The van der Waals surface area contributed by atoms with E-state index in [0.717, 1.165) is 95.7 Å². The molecule has 17 aromatic rings. The van der Waals surface area contributed by atoms with Crippen LogP contribution in [0.4, 0.5) is 0 Å². The van der Waals surface area contributed by atoms with E-state index >= 15 is 0 Å². The summed E-state index contributed by atoms with van der Waals surface area (Å²) in [5.74, 6) is 0. The van der Waals surface area contributed by atoms with Crippen LogP contribution >= 0.6 is 34.0 Å². The molecule has 0 spiro atoms. The third-order valence-electron chi connectivity index (χ3n) is 15.8. The van der Waals surface area contributed by atoms with E-state index in [9.17, 15) is 10.5 Å². The van der Waals surface area contributed by atoms with Crippen LogP contribution in [-0.2, 0) is 0 Å². The first-order valence-corrected chi connectivity index (χ1v) is 27.6. The number of benzene rings is 10. The lowest BCUT2D eigenvalue weighted by molar-refractivity contribution is 1.06. The Balaban J connectivity index is 1.19. The minimum absolute atomic E-state index is 0.410. The number of aromatic nitrogens is 4. The van der Waals surface area contributed by atoms with Gasteiger partial charge < -0.3 is 13.7 Å². The van der Waals surface area contributed by atoms with Crippen molar-refractivity contribution in [2.75, 3.05) is 0 Å². The van der Waals surface area contributed by atoms with Crippen molar-refractivity contribution in [2.45, 2.75) is 0 Å². The third kappa shape index (κ3) is 5.38. The van der Waals surface area contributed by atoms with Gasteiger partial charge in [0.2, 0.25) is 0 Å². The van der Waals surface area contributed by atoms with Crippen LogP contribution in [0.5, 0.6) is 0 Å². The van der Waals surface area contributed by atoms with Crippen molar-refractivity contribution in [1.82, 2.24) is 18.7 Å². The van der Waals surface area contributed by atoms with Crippen molar-refractivity contribution >= 4 is 160 Å². The van der Waals surface area contributed by atoms with Crippen molar-refractivity contribution in [3.8, 4) is 40.5 Å². The van der Waals surface area contributed by atoms with E-state index in [2.05, 4.69) is 208 Å². The van der Waals surface area contributed by atoms with Gasteiger partial charge in [-0.25, -0.2) is 0 Å². The third-order valence-corrected chi connectivity index (χ3v) is 19.4. The smallest absolute Gasteiger partial charge is 0.104 e. The minimum Gasteiger partial charge on any atom is -0.306 e. The molecule has 6 nitrogen and oxygen atoms in total. The van der Waals surface area contributed by atoms with Crippen molar-refractivity contribution < 1.29 is 0 Å². The number of nitriles is 2. The lowest BCUT2D eigenvalue weighted by Crippen LogP contribution is -2.14. The number of pyridine rings is 1. The van der Waals surface area contributed by atoms with Gasteiger partial charge in [-0.3, -0.25) is 4.98 Å². The number of thiophene rings is 3. The largest absolute Gasteiger partial charge is 0.306 e. The molecule has 0 bridgehead atoms. The molecule has 0 radical (unpaired) electrons. The molecule has 10 aromatic carbocycles. The van der Waals surface area contributed by atoms with Crippen LogP contribution < -0.4 is 0 Å². The maximum atomic E-state index is 12.8. The van der Waals surface area contributed by atoms with Gasteiger partial charge in [-0.1, -0.05) is 152 Å². The summed E-state index contributed by atoms with van der Waals surface area (Å²) in [5.41, 5.74) is 9.60. The first kappa shape index (κ1) is 41.8. The normalized spacial score (nSPS) is 12.2. The fourth-order valence-corrected chi connectivity index (χ4v) is 16.5. The second-order valence-electron chi connectivity index (χ2n) is 19.5. The summed E-state index contributed by atoms with van der Waals surface area (Å²) in [6, 6.07) is 76.7. The van der Waals surface area contributed by atoms with E-state index in [4.69, 9.17) is 4.98 Å². The van der Waals surface area contributed by atoms with Gasteiger partial charge >= 0.3 is 0 Å². The molecule has 0 amide bonds. The monoisotopic (exact) mass is 1020 g/mol. The standard InChI is InChI=1S/C67H34N6S3/c68-35-49-58(51-21-13-14-34-70-51)59(71-52-22-7-1-15-37(52)43-28-31-46-40-18-4-10-25-55(40)74-65(46)62(43)71)50(36-69)61(73-54-24-9-3-17-39(54)45-30-33-48-42-20-6-12-27-57(42)76-67(48)64(45)73)60(49)72-53-23-8-2-16-38(53)44-29-32-47-41-19-5-11-26-56(41)75-66(47)63(44)72/h1-34H. The highest BCUT2D eigenvalue weighted by Crippen LogP contribution is 2.53. The first-order chi connectivity index (χ1) is 37.7. The molecule has 17 rings (SSSR count). The summed E-state index contributed by atoms with van der Waals surface area (Å²) in [5, 5.41) is 38.8. The highest BCUT2D eigenvalue weighted by atomic mass is 32.1. The second kappa shape index (κ2) is 15.5. The molecular formula is C67H34N6S3. The summed E-state index contributed by atoms with van der Waals surface area (Å²) >= 11 is 5.31. The molecule has 0 aliphatic rings. The number of rotatable bonds is 4.